The highest BCUT2D eigenvalue weighted by atomic mass is 79.9. The van der Waals surface area contributed by atoms with Crippen molar-refractivity contribution in [3.05, 3.63) is 67.9 Å². The second-order valence-corrected chi connectivity index (χ2v) is 5.13. The van der Waals surface area contributed by atoms with E-state index in [-0.39, 0.29) is 24.7 Å². The normalized spacial score (nSPS) is 10.4. The lowest BCUT2D eigenvalue weighted by atomic mass is 10.2. The highest BCUT2D eigenvalue weighted by molar-refractivity contribution is 9.10. The van der Waals surface area contributed by atoms with E-state index >= 15 is 0 Å². The van der Waals surface area contributed by atoms with E-state index in [1.807, 2.05) is 0 Å². The molecule has 2 aromatic carbocycles. The highest BCUT2D eigenvalue weighted by Gasteiger charge is 2.10. The first-order valence-corrected chi connectivity index (χ1v) is 6.84. The Morgan fingerprint density at radius 1 is 1.24 bits per heavy atom. The Kier molecular flexibility index (Phi) is 4.87. The molecule has 2 N–H and O–H groups in total. The van der Waals surface area contributed by atoms with E-state index in [1.54, 1.807) is 6.07 Å². The first-order valence-electron chi connectivity index (χ1n) is 6.05. The maximum atomic E-state index is 13.1. The van der Waals surface area contributed by atoms with E-state index in [9.17, 15) is 14.5 Å². The maximum Gasteiger partial charge on any atom is 0.270 e. The minimum atomic E-state index is -0.470. The predicted molar refractivity (Wildman–Crippen MR) is 79.4 cm³/mol. The number of nitrogens with two attached hydrogens (primary N) is 1. The van der Waals surface area contributed by atoms with E-state index in [4.69, 9.17) is 10.5 Å². The Morgan fingerprint density at radius 3 is 2.62 bits per heavy atom. The van der Waals surface area contributed by atoms with Crippen molar-refractivity contribution < 1.29 is 14.1 Å². The van der Waals surface area contributed by atoms with Gasteiger partial charge < -0.3 is 10.5 Å². The van der Waals surface area contributed by atoms with Gasteiger partial charge in [0.1, 0.15) is 18.2 Å². The zero-order valence-corrected chi connectivity index (χ0v) is 12.5. The number of hydrogen-bond donors (Lipinski definition) is 1. The SMILES string of the molecule is NCc1cc(F)ccc1OCc1ccc([N+](=O)[O-])cc1Br. The van der Waals surface area contributed by atoms with Crippen LogP contribution in [0.15, 0.2) is 40.9 Å². The van der Waals surface area contributed by atoms with Crippen LogP contribution >= 0.6 is 15.9 Å². The average Bonchev–Trinajstić information content (AvgIpc) is 2.46. The molecule has 0 unspecified atom stereocenters. The number of nitro groups is 1. The van der Waals surface area contributed by atoms with Crippen molar-refractivity contribution in [3.8, 4) is 5.75 Å². The summed E-state index contributed by atoms with van der Waals surface area (Å²) in [5.74, 6) is 0.114. The van der Waals surface area contributed by atoms with Gasteiger partial charge in [-0.25, -0.2) is 4.39 Å². The van der Waals surface area contributed by atoms with Crippen molar-refractivity contribution in [2.45, 2.75) is 13.2 Å². The molecule has 0 radical (unpaired) electrons. The lowest BCUT2D eigenvalue weighted by molar-refractivity contribution is -0.384. The number of nitro benzene ring substituents is 1. The first-order chi connectivity index (χ1) is 10.0. The Hall–Kier alpha value is -1.99. The molecule has 0 aliphatic rings. The average molecular weight is 355 g/mol. The van der Waals surface area contributed by atoms with Crippen LogP contribution in [0.4, 0.5) is 10.1 Å². The highest BCUT2D eigenvalue weighted by Crippen LogP contribution is 2.26. The summed E-state index contributed by atoms with van der Waals surface area (Å²) in [6.45, 7) is 0.353. The van der Waals surface area contributed by atoms with Crippen LogP contribution in [0.3, 0.4) is 0 Å². The summed E-state index contributed by atoms with van der Waals surface area (Å²) in [5, 5.41) is 10.7. The zero-order chi connectivity index (χ0) is 15.4. The Balaban J connectivity index is 2.15. The number of hydrogen-bond acceptors (Lipinski definition) is 4. The van der Waals surface area contributed by atoms with Gasteiger partial charge in [-0.1, -0.05) is 15.9 Å². The molecule has 2 rings (SSSR count). The molecule has 0 saturated carbocycles. The second kappa shape index (κ2) is 6.64. The number of ether oxygens (including phenoxy) is 1. The lowest BCUT2D eigenvalue weighted by Gasteiger charge is -2.11. The Morgan fingerprint density at radius 2 is 2.00 bits per heavy atom. The summed E-state index contributed by atoms with van der Waals surface area (Å²) in [7, 11) is 0. The van der Waals surface area contributed by atoms with Crippen LogP contribution in [-0.4, -0.2) is 4.92 Å². The minimum Gasteiger partial charge on any atom is -0.489 e. The van der Waals surface area contributed by atoms with Gasteiger partial charge in [0, 0.05) is 34.3 Å². The zero-order valence-electron chi connectivity index (χ0n) is 10.9. The number of rotatable bonds is 5. The molecule has 0 fully saturated rings. The largest absolute Gasteiger partial charge is 0.489 e. The molecule has 21 heavy (non-hydrogen) atoms. The van der Waals surface area contributed by atoms with E-state index < -0.39 is 4.92 Å². The van der Waals surface area contributed by atoms with Crippen molar-refractivity contribution in [3.63, 3.8) is 0 Å². The molecule has 7 heteroatoms. The van der Waals surface area contributed by atoms with Crippen LogP contribution < -0.4 is 10.5 Å². The standard InChI is InChI=1S/C14H12BrFN2O3/c15-13-6-12(18(19)20)3-1-9(13)8-21-14-4-2-11(16)5-10(14)7-17/h1-6H,7-8,17H2. The molecule has 2 aromatic rings. The third-order valence-electron chi connectivity index (χ3n) is 2.87. The molecular formula is C14H12BrFN2O3. The lowest BCUT2D eigenvalue weighted by Crippen LogP contribution is -2.04. The number of halogens is 2. The predicted octanol–water partition coefficient (Wildman–Crippen LogP) is 3.53. The van der Waals surface area contributed by atoms with Crippen molar-refractivity contribution in [2.75, 3.05) is 0 Å². The molecule has 5 nitrogen and oxygen atoms in total. The summed E-state index contributed by atoms with van der Waals surface area (Å²) in [6, 6.07) is 8.54. The van der Waals surface area contributed by atoms with E-state index in [1.165, 1.54) is 30.3 Å². The molecule has 0 bridgehead atoms. The van der Waals surface area contributed by atoms with E-state index in [0.29, 0.717) is 15.8 Å². The third-order valence-corrected chi connectivity index (χ3v) is 3.61. The Labute approximate surface area is 128 Å². The van der Waals surface area contributed by atoms with Gasteiger partial charge in [0.05, 0.1) is 4.92 Å². The molecule has 0 aromatic heterocycles. The van der Waals surface area contributed by atoms with Crippen molar-refractivity contribution >= 4 is 21.6 Å². The van der Waals surface area contributed by atoms with E-state index in [2.05, 4.69) is 15.9 Å². The van der Waals surface area contributed by atoms with Gasteiger partial charge in [0.2, 0.25) is 0 Å². The summed E-state index contributed by atoms with van der Waals surface area (Å²) in [4.78, 5) is 10.2. The van der Waals surface area contributed by atoms with Gasteiger partial charge in [-0.3, -0.25) is 10.1 Å². The second-order valence-electron chi connectivity index (χ2n) is 4.28. The van der Waals surface area contributed by atoms with Crippen LogP contribution in [0.5, 0.6) is 5.75 Å². The van der Waals surface area contributed by atoms with Crippen molar-refractivity contribution in [2.24, 2.45) is 5.73 Å². The molecule has 0 heterocycles. The van der Waals surface area contributed by atoms with Gasteiger partial charge >= 0.3 is 0 Å². The Bertz CT molecular complexity index is 679. The van der Waals surface area contributed by atoms with Gasteiger partial charge in [0.25, 0.3) is 5.69 Å². The fourth-order valence-electron chi connectivity index (χ4n) is 1.77. The fourth-order valence-corrected chi connectivity index (χ4v) is 2.25. The summed E-state index contributed by atoms with van der Waals surface area (Å²) in [5.41, 5.74) is 6.84. The molecule has 0 atom stereocenters. The molecule has 0 amide bonds. The molecule has 110 valence electrons. The van der Waals surface area contributed by atoms with Crippen molar-refractivity contribution in [1.82, 2.24) is 0 Å². The molecule has 0 aliphatic heterocycles. The van der Waals surface area contributed by atoms with Gasteiger partial charge in [0.15, 0.2) is 0 Å². The fraction of sp³-hybridized carbons (Fsp3) is 0.143. The van der Waals surface area contributed by atoms with Crippen LogP contribution in [0, 0.1) is 15.9 Å². The van der Waals surface area contributed by atoms with E-state index in [0.717, 1.165) is 5.56 Å². The quantitative estimate of drug-likeness (QED) is 0.657. The van der Waals surface area contributed by atoms with Crippen LogP contribution in [0.25, 0.3) is 0 Å². The van der Waals surface area contributed by atoms with Gasteiger partial charge in [-0.15, -0.1) is 0 Å². The van der Waals surface area contributed by atoms with Crippen LogP contribution in [-0.2, 0) is 13.2 Å². The molecule has 0 spiro atoms. The smallest absolute Gasteiger partial charge is 0.270 e. The summed E-state index contributed by atoms with van der Waals surface area (Å²) >= 11 is 3.27. The minimum absolute atomic E-state index is 0.00458. The monoisotopic (exact) mass is 354 g/mol. The summed E-state index contributed by atoms with van der Waals surface area (Å²) in [6.07, 6.45) is 0. The first kappa shape index (κ1) is 15.4. The van der Waals surface area contributed by atoms with Crippen molar-refractivity contribution in [1.29, 1.82) is 0 Å². The van der Waals surface area contributed by atoms with Gasteiger partial charge in [-0.05, 0) is 24.3 Å². The number of nitrogens with zero attached hydrogens (tertiary/aromatic N) is 1. The summed E-state index contributed by atoms with van der Waals surface area (Å²) < 4.78 is 19.3. The topological polar surface area (TPSA) is 78.4 Å². The molecule has 0 saturated heterocycles. The number of non-ortho nitro benzene ring substituents is 1. The van der Waals surface area contributed by atoms with Crippen LogP contribution in [0.1, 0.15) is 11.1 Å². The number of benzene rings is 2. The maximum absolute atomic E-state index is 13.1. The third kappa shape index (κ3) is 3.77. The van der Waals surface area contributed by atoms with Gasteiger partial charge in [-0.2, -0.15) is 0 Å². The molecule has 0 aliphatic carbocycles. The van der Waals surface area contributed by atoms with Crippen LogP contribution in [0.2, 0.25) is 0 Å². The molecular weight excluding hydrogens is 343 g/mol.